The van der Waals surface area contributed by atoms with Crippen LogP contribution >= 0.6 is 0 Å². The summed E-state index contributed by atoms with van der Waals surface area (Å²) < 4.78 is 5.25. The summed E-state index contributed by atoms with van der Waals surface area (Å²) in [5.41, 5.74) is 0.339. The standard InChI is InChI=1S/C11H18O3/c1-8(11(12)13)7-9-3-5-10(14-2)6-4-9/h9-10H,1,3-7H2,2H3,(H,12,13). The molecule has 1 aliphatic carbocycles. The predicted molar refractivity (Wildman–Crippen MR) is 54.1 cm³/mol. The molecule has 1 N–H and O–H groups in total. The van der Waals surface area contributed by atoms with Crippen molar-refractivity contribution in [3.8, 4) is 0 Å². The molecule has 0 unspecified atom stereocenters. The third kappa shape index (κ3) is 3.14. The van der Waals surface area contributed by atoms with Gasteiger partial charge in [-0.15, -0.1) is 0 Å². The second kappa shape index (κ2) is 5.15. The van der Waals surface area contributed by atoms with Crippen LogP contribution in [0.2, 0.25) is 0 Å². The lowest BCUT2D eigenvalue weighted by Crippen LogP contribution is -2.21. The van der Waals surface area contributed by atoms with E-state index in [9.17, 15) is 4.79 Å². The highest BCUT2D eigenvalue weighted by Gasteiger charge is 2.22. The summed E-state index contributed by atoms with van der Waals surface area (Å²) in [6.07, 6.45) is 5.23. The van der Waals surface area contributed by atoms with Crippen molar-refractivity contribution in [3.63, 3.8) is 0 Å². The third-order valence-electron chi connectivity index (χ3n) is 2.96. The highest BCUT2D eigenvalue weighted by molar-refractivity contribution is 5.85. The Morgan fingerprint density at radius 2 is 2.00 bits per heavy atom. The van der Waals surface area contributed by atoms with E-state index in [1.807, 2.05) is 0 Å². The van der Waals surface area contributed by atoms with Gasteiger partial charge in [0.25, 0.3) is 0 Å². The Balaban J connectivity index is 2.29. The summed E-state index contributed by atoms with van der Waals surface area (Å²) in [6, 6.07) is 0. The minimum atomic E-state index is -0.862. The number of carbonyl (C=O) groups is 1. The van der Waals surface area contributed by atoms with Gasteiger partial charge >= 0.3 is 5.97 Å². The summed E-state index contributed by atoms with van der Waals surface area (Å²) in [5.74, 6) is -0.371. The molecule has 0 aliphatic heterocycles. The topological polar surface area (TPSA) is 46.5 Å². The van der Waals surface area contributed by atoms with Crippen molar-refractivity contribution in [2.75, 3.05) is 7.11 Å². The molecule has 0 atom stereocenters. The lowest BCUT2D eigenvalue weighted by atomic mass is 9.83. The van der Waals surface area contributed by atoms with E-state index in [1.54, 1.807) is 7.11 Å². The minimum absolute atomic E-state index is 0.339. The lowest BCUT2D eigenvalue weighted by molar-refractivity contribution is -0.132. The fourth-order valence-corrected chi connectivity index (χ4v) is 2.01. The van der Waals surface area contributed by atoms with Gasteiger partial charge in [0.05, 0.1) is 6.10 Å². The van der Waals surface area contributed by atoms with Crippen molar-refractivity contribution in [3.05, 3.63) is 12.2 Å². The Labute approximate surface area is 84.8 Å². The summed E-state index contributed by atoms with van der Waals surface area (Å²) in [7, 11) is 1.74. The molecule has 80 valence electrons. The summed E-state index contributed by atoms with van der Waals surface area (Å²) >= 11 is 0. The van der Waals surface area contributed by atoms with Crippen LogP contribution in [-0.2, 0) is 9.53 Å². The number of hydrogen-bond donors (Lipinski definition) is 1. The highest BCUT2D eigenvalue weighted by Crippen LogP contribution is 2.29. The van der Waals surface area contributed by atoms with E-state index in [-0.39, 0.29) is 0 Å². The van der Waals surface area contributed by atoms with Crippen molar-refractivity contribution in [1.29, 1.82) is 0 Å². The summed E-state index contributed by atoms with van der Waals surface area (Å²) in [4.78, 5) is 10.6. The van der Waals surface area contributed by atoms with Crippen molar-refractivity contribution < 1.29 is 14.6 Å². The van der Waals surface area contributed by atoms with Crippen LogP contribution in [0.15, 0.2) is 12.2 Å². The van der Waals surface area contributed by atoms with Gasteiger partial charge in [-0.1, -0.05) is 6.58 Å². The number of hydrogen-bond acceptors (Lipinski definition) is 2. The molecule has 1 saturated carbocycles. The largest absolute Gasteiger partial charge is 0.478 e. The molecule has 0 bridgehead atoms. The molecule has 0 aromatic carbocycles. The molecule has 0 saturated heterocycles. The molecule has 0 aromatic heterocycles. The first-order valence-corrected chi connectivity index (χ1v) is 5.07. The van der Waals surface area contributed by atoms with E-state index in [4.69, 9.17) is 9.84 Å². The van der Waals surface area contributed by atoms with Gasteiger partial charge in [-0.25, -0.2) is 4.79 Å². The Hall–Kier alpha value is -0.830. The second-order valence-corrected chi connectivity index (χ2v) is 3.99. The first kappa shape index (κ1) is 11.2. The smallest absolute Gasteiger partial charge is 0.330 e. The first-order valence-electron chi connectivity index (χ1n) is 5.07. The normalized spacial score (nSPS) is 27.2. The average Bonchev–Trinajstić information content (AvgIpc) is 2.19. The van der Waals surface area contributed by atoms with Crippen LogP contribution in [0.3, 0.4) is 0 Å². The molecular weight excluding hydrogens is 180 g/mol. The van der Waals surface area contributed by atoms with Crippen LogP contribution in [-0.4, -0.2) is 24.3 Å². The average molecular weight is 198 g/mol. The van der Waals surface area contributed by atoms with Gasteiger partial charge in [-0.05, 0) is 38.0 Å². The highest BCUT2D eigenvalue weighted by atomic mass is 16.5. The molecule has 1 aliphatic rings. The Morgan fingerprint density at radius 3 is 2.43 bits per heavy atom. The van der Waals surface area contributed by atoms with Gasteiger partial charge in [-0.3, -0.25) is 0 Å². The first-order chi connectivity index (χ1) is 6.63. The molecule has 0 amide bonds. The number of rotatable bonds is 4. The van der Waals surface area contributed by atoms with E-state index >= 15 is 0 Å². The number of carboxylic acid groups (broad SMARTS) is 1. The zero-order valence-electron chi connectivity index (χ0n) is 8.66. The molecule has 14 heavy (non-hydrogen) atoms. The minimum Gasteiger partial charge on any atom is -0.478 e. The van der Waals surface area contributed by atoms with Crippen LogP contribution < -0.4 is 0 Å². The van der Waals surface area contributed by atoms with Crippen LogP contribution in [0.1, 0.15) is 32.1 Å². The zero-order chi connectivity index (χ0) is 10.6. The number of carboxylic acids is 1. The van der Waals surface area contributed by atoms with Crippen LogP contribution in [0.5, 0.6) is 0 Å². The number of aliphatic carboxylic acids is 1. The molecule has 3 nitrogen and oxygen atoms in total. The second-order valence-electron chi connectivity index (χ2n) is 3.99. The van der Waals surface area contributed by atoms with E-state index in [0.717, 1.165) is 25.7 Å². The van der Waals surface area contributed by atoms with Crippen LogP contribution in [0.25, 0.3) is 0 Å². The van der Waals surface area contributed by atoms with Crippen molar-refractivity contribution in [2.24, 2.45) is 5.92 Å². The molecule has 1 rings (SSSR count). The van der Waals surface area contributed by atoms with Gasteiger partial charge in [0.2, 0.25) is 0 Å². The van der Waals surface area contributed by atoms with E-state index in [1.165, 1.54) is 0 Å². The quantitative estimate of drug-likeness (QED) is 0.704. The van der Waals surface area contributed by atoms with E-state index in [2.05, 4.69) is 6.58 Å². The van der Waals surface area contributed by atoms with Gasteiger partial charge in [0, 0.05) is 12.7 Å². The maximum absolute atomic E-state index is 10.6. The van der Waals surface area contributed by atoms with Crippen molar-refractivity contribution in [1.82, 2.24) is 0 Å². The maximum Gasteiger partial charge on any atom is 0.330 e. The Kier molecular flexibility index (Phi) is 4.14. The molecule has 3 heteroatoms. The van der Waals surface area contributed by atoms with E-state index in [0.29, 0.717) is 24.0 Å². The lowest BCUT2D eigenvalue weighted by Gasteiger charge is -2.27. The summed E-state index contributed by atoms with van der Waals surface area (Å²) in [5, 5.41) is 8.69. The molecular formula is C11H18O3. The Morgan fingerprint density at radius 1 is 1.43 bits per heavy atom. The third-order valence-corrected chi connectivity index (χ3v) is 2.96. The number of ether oxygens (including phenoxy) is 1. The molecule has 1 fully saturated rings. The van der Waals surface area contributed by atoms with Crippen LogP contribution in [0, 0.1) is 5.92 Å². The van der Waals surface area contributed by atoms with Crippen LogP contribution in [0.4, 0.5) is 0 Å². The fourth-order valence-electron chi connectivity index (χ4n) is 2.01. The van der Waals surface area contributed by atoms with Gasteiger partial charge in [-0.2, -0.15) is 0 Å². The van der Waals surface area contributed by atoms with Gasteiger partial charge in [0.15, 0.2) is 0 Å². The van der Waals surface area contributed by atoms with Gasteiger partial charge in [0.1, 0.15) is 0 Å². The van der Waals surface area contributed by atoms with E-state index < -0.39 is 5.97 Å². The number of methoxy groups -OCH3 is 1. The molecule has 0 aromatic rings. The summed E-state index contributed by atoms with van der Waals surface area (Å²) in [6.45, 7) is 3.56. The zero-order valence-corrected chi connectivity index (χ0v) is 8.66. The van der Waals surface area contributed by atoms with Crippen molar-refractivity contribution >= 4 is 5.97 Å². The SMILES string of the molecule is C=C(CC1CCC(OC)CC1)C(=O)O. The molecule has 0 radical (unpaired) electrons. The fraction of sp³-hybridized carbons (Fsp3) is 0.727. The predicted octanol–water partition coefficient (Wildman–Crippen LogP) is 2.22. The molecule has 0 spiro atoms. The Bertz CT molecular complexity index is 215. The monoisotopic (exact) mass is 198 g/mol. The molecule has 0 heterocycles. The maximum atomic E-state index is 10.6. The van der Waals surface area contributed by atoms with Crippen molar-refractivity contribution in [2.45, 2.75) is 38.2 Å². The van der Waals surface area contributed by atoms with Gasteiger partial charge < -0.3 is 9.84 Å².